The molecule has 0 radical (unpaired) electrons. The SMILES string of the molecule is CCCC1CC1NS(=O)(=O)c1ccc(F)cc1C#CCO. The minimum atomic E-state index is -3.73. The average molecular weight is 311 g/mol. The smallest absolute Gasteiger partial charge is 0.242 e. The summed E-state index contributed by atoms with van der Waals surface area (Å²) in [4.78, 5) is -0.0491. The van der Waals surface area contributed by atoms with Gasteiger partial charge in [0, 0.05) is 11.6 Å². The third kappa shape index (κ3) is 4.03. The highest BCUT2D eigenvalue weighted by Gasteiger charge is 2.39. The van der Waals surface area contributed by atoms with Crippen LogP contribution >= 0.6 is 0 Å². The molecule has 114 valence electrons. The number of hydrogen-bond donors (Lipinski definition) is 2. The van der Waals surface area contributed by atoms with E-state index in [0.717, 1.165) is 31.4 Å². The number of halogens is 1. The molecule has 0 spiro atoms. The number of benzene rings is 1. The van der Waals surface area contributed by atoms with Crippen LogP contribution in [0.4, 0.5) is 4.39 Å². The zero-order valence-electron chi connectivity index (χ0n) is 11.8. The van der Waals surface area contributed by atoms with Gasteiger partial charge in [-0.3, -0.25) is 0 Å². The molecule has 6 heteroatoms. The molecule has 2 atom stereocenters. The van der Waals surface area contributed by atoms with Crippen LogP contribution in [0.15, 0.2) is 23.1 Å². The lowest BCUT2D eigenvalue weighted by molar-refractivity contribution is 0.350. The van der Waals surface area contributed by atoms with Crippen LogP contribution in [0.3, 0.4) is 0 Å². The third-order valence-electron chi connectivity index (χ3n) is 3.42. The molecular formula is C15H18FNO3S. The molecule has 0 aromatic heterocycles. The van der Waals surface area contributed by atoms with E-state index in [-0.39, 0.29) is 16.5 Å². The second-order valence-electron chi connectivity index (χ2n) is 5.11. The fourth-order valence-electron chi connectivity index (χ4n) is 2.31. The van der Waals surface area contributed by atoms with Crippen LogP contribution in [-0.2, 0) is 10.0 Å². The molecule has 0 amide bonds. The van der Waals surface area contributed by atoms with Gasteiger partial charge in [0.15, 0.2) is 0 Å². The molecule has 2 unspecified atom stereocenters. The zero-order chi connectivity index (χ0) is 15.5. The van der Waals surface area contributed by atoms with Crippen molar-refractivity contribution in [3.8, 4) is 11.8 Å². The first-order valence-electron chi connectivity index (χ1n) is 6.89. The molecule has 0 saturated heterocycles. The summed E-state index contributed by atoms with van der Waals surface area (Å²) < 4.78 is 40.6. The summed E-state index contributed by atoms with van der Waals surface area (Å²) in [5, 5.41) is 8.71. The Kier molecular flexibility index (Phi) is 4.99. The van der Waals surface area contributed by atoms with Gasteiger partial charge in [0.1, 0.15) is 12.4 Å². The maximum absolute atomic E-state index is 13.3. The quantitative estimate of drug-likeness (QED) is 0.812. The Morgan fingerprint density at radius 3 is 2.90 bits per heavy atom. The highest BCUT2D eigenvalue weighted by Crippen LogP contribution is 2.35. The molecule has 1 aliphatic carbocycles. The van der Waals surface area contributed by atoms with Crippen molar-refractivity contribution in [2.24, 2.45) is 5.92 Å². The third-order valence-corrected chi connectivity index (χ3v) is 4.97. The van der Waals surface area contributed by atoms with Gasteiger partial charge in [0.2, 0.25) is 10.0 Å². The molecule has 0 heterocycles. The molecule has 1 fully saturated rings. The van der Waals surface area contributed by atoms with Gasteiger partial charge in [-0.05, 0) is 37.0 Å². The Morgan fingerprint density at radius 1 is 1.48 bits per heavy atom. The van der Waals surface area contributed by atoms with Gasteiger partial charge in [-0.15, -0.1) is 0 Å². The van der Waals surface area contributed by atoms with E-state index in [4.69, 9.17) is 5.11 Å². The first-order chi connectivity index (χ1) is 9.97. The van der Waals surface area contributed by atoms with Crippen molar-refractivity contribution in [2.45, 2.75) is 37.1 Å². The van der Waals surface area contributed by atoms with Crippen LogP contribution in [-0.4, -0.2) is 26.2 Å². The van der Waals surface area contributed by atoms with Gasteiger partial charge in [-0.2, -0.15) is 0 Å². The van der Waals surface area contributed by atoms with Crippen molar-refractivity contribution < 1.29 is 17.9 Å². The highest BCUT2D eigenvalue weighted by molar-refractivity contribution is 7.89. The number of aliphatic hydroxyl groups excluding tert-OH is 1. The van der Waals surface area contributed by atoms with Crippen molar-refractivity contribution >= 4 is 10.0 Å². The molecule has 4 nitrogen and oxygen atoms in total. The summed E-state index contributed by atoms with van der Waals surface area (Å²) in [6.45, 7) is 1.65. The van der Waals surface area contributed by atoms with Crippen LogP contribution < -0.4 is 4.72 Å². The standard InChI is InChI=1S/C15H18FNO3S/c1-2-4-11-10-14(11)17-21(19,20)15-7-6-13(16)9-12(15)5-3-8-18/h6-7,9,11,14,17-18H,2,4,8,10H2,1H3. The second-order valence-corrected chi connectivity index (χ2v) is 6.80. The van der Waals surface area contributed by atoms with Gasteiger partial charge in [-0.25, -0.2) is 17.5 Å². The molecule has 1 aliphatic rings. The minimum absolute atomic E-state index is 0.0429. The summed E-state index contributed by atoms with van der Waals surface area (Å²) in [5.74, 6) is 4.65. The van der Waals surface area contributed by atoms with Crippen LogP contribution in [0, 0.1) is 23.6 Å². The Morgan fingerprint density at radius 2 is 2.24 bits per heavy atom. The van der Waals surface area contributed by atoms with E-state index in [1.54, 1.807) is 0 Å². The maximum atomic E-state index is 13.3. The van der Waals surface area contributed by atoms with Crippen molar-refractivity contribution in [1.29, 1.82) is 0 Å². The van der Waals surface area contributed by atoms with Crippen molar-refractivity contribution in [2.75, 3.05) is 6.61 Å². The normalized spacial score (nSPS) is 20.7. The Labute approximate surface area is 124 Å². The Bertz CT molecular complexity index is 676. The number of nitrogens with one attached hydrogen (secondary N) is 1. The van der Waals surface area contributed by atoms with E-state index in [2.05, 4.69) is 23.5 Å². The highest BCUT2D eigenvalue weighted by atomic mass is 32.2. The predicted octanol–water partition coefficient (Wildman–Crippen LogP) is 1.64. The number of hydrogen-bond acceptors (Lipinski definition) is 3. The van der Waals surface area contributed by atoms with Crippen molar-refractivity contribution in [3.63, 3.8) is 0 Å². The summed E-state index contributed by atoms with van der Waals surface area (Å²) >= 11 is 0. The number of sulfonamides is 1. The van der Waals surface area contributed by atoms with Gasteiger partial charge in [0.25, 0.3) is 0 Å². The van der Waals surface area contributed by atoms with E-state index in [9.17, 15) is 12.8 Å². The molecule has 1 saturated carbocycles. The Hall–Kier alpha value is -1.42. The molecule has 0 aliphatic heterocycles. The van der Waals surface area contributed by atoms with Gasteiger partial charge in [0.05, 0.1) is 4.90 Å². The van der Waals surface area contributed by atoms with E-state index >= 15 is 0 Å². The molecule has 1 aromatic rings. The lowest BCUT2D eigenvalue weighted by Gasteiger charge is -2.08. The van der Waals surface area contributed by atoms with Gasteiger partial charge in [-0.1, -0.05) is 25.2 Å². The van der Waals surface area contributed by atoms with E-state index in [0.29, 0.717) is 5.92 Å². The fourth-order valence-corrected chi connectivity index (χ4v) is 3.77. The van der Waals surface area contributed by atoms with Gasteiger partial charge >= 0.3 is 0 Å². The van der Waals surface area contributed by atoms with Crippen molar-refractivity contribution in [3.05, 3.63) is 29.6 Å². The molecule has 1 aromatic carbocycles. The van der Waals surface area contributed by atoms with Crippen LogP contribution in [0.1, 0.15) is 31.7 Å². The predicted molar refractivity (Wildman–Crippen MR) is 77.5 cm³/mol. The zero-order valence-corrected chi connectivity index (χ0v) is 12.6. The number of aliphatic hydroxyl groups is 1. The first-order valence-corrected chi connectivity index (χ1v) is 8.38. The monoisotopic (exact) mass is 311 g/mol. The van der Waals surface area contributed by atoms with Crippen LogP contribution in [0.25, 0.3) is 0 Å². The maximum Gasteiger partial charge on any atom is 0.242 e. The van der Waals surface area contributed by atoms with Gasteiger partial charge < -0.3 is 5.11 Å². The van der Waals surface area contributed by atoms with Crippen molar-refractivity contribution in [1.82, 2.24) is 4.72 Å². The fraction of sp³-hybridized carbons (Fsp3) is 0.467. The van der Waals surface area contributed by atoms with Crippen LogP contribution in [0.5, 0.6) is 0 Å². The molecule has 2 rings (SSSR count). The minimum Gasteiger partial charge on any atom is -0.384 e. The lowest BCUT2D eigenvalue weighted by Crippen LogP contribution is -2.27. The topological polar surface area (TPSA) is 66.4 Å². The largest absolute Gasteiger partial charge is 0.384 e. The number of rotatable bonds is 5. The summed E-state index contributed by atoms with van der Waals surface area (Å²) in [6, 6.07) is 3.32. The van der Waals surface area contributed by atoms with Crippen LogP contribution in [0.2, 0.25) is 0 Å². The second kappa shape index (κ2) is 6.56. The summed E-state index contributed by atoms with van der Waals surface area (Å²) in [6.07, 6.45) is 2.85. The molecule has 21 heavy (non-hydrogen) atoms. The van der Waals surface area contributed by atoms with E-state index < -0.39 is 22.4 Å². The molecular weight excluding hydrogens is 293 g/mol. The Balaban J connectivity index is 2.24. The summed E-state index contributed by atoms with van der Waals surface area (Å²) in [5.41, 5.74) is 0.0595. The molecule has 2 N–H and O–H groups in total. The first kappa shape index (κ1) is 16.0. The lowest BCUT2D eigenvalue weighted by atomic mass is 10.2. The molecule has 0 bridgehead atoms. The average Bonchev–Trinajstić information content (AvgIpc) is 3.13. The summed E-state index contributed by atoms with van der Waals surface area (Å²) in [7, 11) is -3.73. The van der Waals surface area contributed by atoms with E-state index in [1.807, 2.05) is 0 Å². The van der Waals surface area contributed by atoms with E-state index in [1.165, 1.54) is 6.07 Å².